The number of nitrogens with one attached hydrogen (secondary N) is 1. The van der Waals surface area contributed by atoms with Gasteiger partial charge in [0.2, 0.25) is 23.6 Å². The van der Waals surface area contributed by atoms with Crippen molar-refractivity contribution < 1.29 is 82.0 Å². The van der Waals surface area contributed by atoms with Crippen molar-refractivity contribution in [3.05, 3.63) is 106 Å². The molecule has 3 N–H and O–H groups in total. The molecular formula is C71H95N7O17. The maximum absolute atomic E-state index is 12.7. The lowest BCUT2D eigenvalue weighted by Gasteiger charge is -2.17. The van der Waals surface area contributed by atoms with Crippen LogP contribution in [0.5, 0.6) is 0 Å². The standard InChI is InChI=1S/C25H33N3O6.C24H30N2O7.C20H26N2O4.C2H6/c1-3-17-15-27(16-20(17)34-23(31)13-12-21(29)26-2)22(30)11-5-4-8-14-28-24(32)18-9-6-7-10-19(18)25(28)33;1-2-16-14-25(15-19(16)33-22(30)12-11-21(28)29)20(27)10-4-3-7-13-26-23(31)17-8-5-6-9-18(17)24(26)32;1-2-14-12-21(13-17(14)23)18(24)10-4-3-7-11-22-19(25)15-8-5-6-9-16(15)20(22)26;1-2/h6-7,9-10,17,20H,3-5,8,11-16H2,1-2H3,(H,26,29);5-6,8-9,16,19H,2-4,7,10-15H2,1H3,(H,28,29);5-6,8-9,14,17,23H,2-4,7,10-13H2,1H3;1-2H3. The number of hydrogen-bond donors (Lipinski definition) is 3. The summed E-state index contributed by atoms with van der Waals surface area (Å²) in [6, 6.07) is 20.5. The van der Waals surface area contributed by atoms with Crippen molar-refractivity contribution in [3.8, 4) is 0 Å². The number of carboxylic acids is 1. The predicted molar refractivity (Wildman–Crippen MR) is 349 cm³/mol. The number of aliphatic carboxylic acids is 1. The molecule has 10 amide bonds. The molecule has 6 heterocycles. The minimum absolute atomic E-state index is 0.0155. The smallest absolute Gasteiger partial charge is 0.306 e. The molecule has 9 rings (SSSR count). The second-order valence-electron chi connectivity index (χ2n) is 24.4. The maximum atomic E-state index is 12.7. The fourth-order valence-electron chi connectivity index (χ4n) is 12.6. The Morgan fingerprint density at radius 2 is 0.705 bits per heavy atom. The van der Waals surface area contributed by atoms with Gasteiger partial charge in [-0.05, 0) is 94.2 Å². The van der Waals surface area contributed by atoms with Crippen LogP contribution < -0.4 is 5.32 Å². The number of imide groups is 3. The fourth-order valence-corrected chi connectivity index (χ4v) is 12.6. The molecule has 3 aromatic rings. The Morgan fingerprint density at radius 3 is 0.989 bits per heavy atom. The number of likely N-dealkylation sites (tertiary alicyclic amines) is 3. The second kappa shape index (κ2) is 37.4. The molecule has 24 heteroatoms. The number of ether oxygens (including phenoxy) is 2. The molecule has 6 atom stereocenters. The molecule has 95 heavy (non-hydrogen) atoms. The number of hydrogen-bond acceptors (Lipinski definition) is 16. The highest BCUT2D eigenvalue weighted by Crippen LogP contribution is 2.30. The van der Waals surface area contributed by atoms with Gasteiger partial charge in [0.1, 0.15) is 12.2 Å². The van der Waals surface area contributed by atoms with Crippen LogP contribution in [0, 0.1) is 17.8 Å². The molecule has 0 aromatic heterocycles. The van der Waals surface area contributed by atoms with Crippen molar-refractivity contribution >= 4 is 77.0 Å². The Bertz CT molecular complexity index is 3140. The van der Waals surface area contributed by atoms with Crippen LogP contribution in [-0.4, -0.2) is 201 Å². The maximum Gasteiger partial charge on any atom is 0.306 e. The highest BCUT2D eigenvalue weighted by molar-refractivity contribution is 6.22. The first-order valence-electron chi connectivity index (χ1n) is 33.9. The molecule has 0 radical (unpaired) electrons. The lowest BCUT2D eigenvalue weighted by Crippen LogP contribution is -2.31. The monoisotopic (exact) mass is 1320 g/mol. The number of carbonyl (C=O) groups excluding carboxylic acids is 12. The molecule has 3 aromatic carbocycles. The zero-order valence-electron chi connectivity index (χ0n) is 55.9. The van der Waals surface area contributed by atoms with Gasteiger partial charge in [-0.25, -0.2) is 0 Å². The van der Waals surface area contributed by atoms with Crippen LogP contribution in [-0.2, 0) is 43.0 Å². The number of fused-ring (bicyclic) bond motifs is 3. The van der Waals surface area contributed by atoms with Gasteiger partial charge in [-0.1, -0.05) is 90.3 Å². The van der Waals surface area contributed by atoms with Crippen molar-refractivity contribution in [3.63, 3.8) is 0 Å². The highest BCUT2D eigenvalue weighted by atomic mass is 16.6. The number of carboxylic acid groups (broad SMARTS) is 1. The predicted octanol–water partition coefficient (Wildman–Crippen LogP) is 7.74. The summed E-state index contributed by atoms with van der Waals surface area (Å²) in [6.07, 6.45) is 8.28. The van der Waals surface area contributed by atoms with E-state index in [1.54, 1.807) is 87.5 Å². The van der Waals surface area contributed by atoms with Crippen LogP contribution in [0.3, 0.4) is 0 Å². The Hall–Kier alpha value is -8.67. The SMILES string of the molecule is CC.CCC1CN(C(=O)CCCCCN2C(=O)c3ccccc3C2=O)CC1O.CCC1CN(C(=O)CCCCCN2C(=O)c3ccccc3C2=O)CC1OC(=O)CCC(=O)NC.CCC1CN(C(=O)CCCCCN2C(=O)c3ccccc3C2=O)CC1OC(=O)CCC(=O)O. The summed E-state index contributed by atoms with van der Waals surface area (Å²) in [5, 5.41) is 21.1. The van der Waals surface area contributed by atoms with E-state index in [0.29, 0.717) is 150 Å². The minimum atomic E-state index is -1.05. The first kappa shape index (κ1) is 75.4. The topological polar surface area (TPSA) is 312 Å². The average Bonchev–Trinajstić information content (AvgIpc) is 1.66. The van der Waals surface area contributed by atoms with Crippen molar-refractivity contribution in [2.75, 3.05) is 66.0 Å². The summed E-state index contributed by atoms with van der Waals surface area (Å²) in [7, 11) is 1.52. The van der Waals surface area contributed by atoms with Gasteiger partial charge in [0.25, 0.3) is 35.4 Å². The third-order valence-electron chi connectivity index (χ3n) is 18.2. The normalized spacial score (nSPS) is 19.9. The molecule has 0 aliphatic carbocycles. The zero-order valence-corrected chi connectivity index (χ0v) is 55.9. The van der Waals surface area contributed by atoms with Gasteiger partial charge in [0, 0.05) is 96.3 Å². The number of β-amino-alcohol motifs (C(OH)–C–C–N with tert-alkyl or cyclic N) is 1. The quantitative estimate of drug-likeness (QED) is 0.0340. The van der Waals surface area contributed by atoms with Crippen LogP contribution in [0.25, 0.3) is 0 Å². The summed E-state index contributed by atoms with van der Waals surface area (Å²) >= 11 is 0. The van der Waals surface area contributed by atoms with E-state index in [1.165, 1.54) is 21.7 Å². The molecule has 6 aliphatic rings. The molecule has 6 unspecified atom stereocenters. The summed E-state index contributed by atoms with van der Waals surface area (Å²) in [5.74, 6) is -3.33. The van der Waals surface area contributed by atoms with E-state index in [1.807, 2.05) is 34.6 Å². The Morgan fingerprint density at radius 1 is 0.411 bits per heavy atom. The molecule has 516 valence electrons. The van der Waals surface area contributed by atoms with Crippen molar-refractivity contribution in [2.24, 2.45) is 17.8 Å². The van der Waals surface area contributed by atoms with Gasteiger partial charge >= 0.3 is 17.9 Å². The third kappa shape index (κ3) is 20.4. The molecule has 0 spiro atoms. The lowest BCUT2D eigenvalue weighted by atomic mass is 10.0. The van der Waals surface area contributed by atoms with E-state index in [4.69, 9.17) is 14.6 Å². The van der Waals surface area contributed by atoms with Gasteiger partial charge in [-0.15, -0.1) is 0 Å². The number of benzene rings is 3. The first-order chi connectivity index (χ1) is 45.7. The van der Waals surface area contributed by atoms with E-state index in [-0.39, 0.29) is 109 Å². The first-order valence-corrected chi connectivity index (χ1v) is 33.9. The van der Waals surface area contributed by atoms with Gasteiger partial charge in [0.05, 0.1) is 71.8 Å². The fraction of sp³-hybridized carbons (Fsp3) is 0.563. The second-order valence-corrected chi connectivity index (χ2v) is 24.4. The molecule has 0 saturated carbocycles. The summed E-state index contributed by atoms with van der Waals surface area (Å²) < 4.78 is 11.0. The molecule has 6 aliphatic heterocycles. The number of amides is 10. The number of unbranched alkanes of at least 4 members (excludes halogenated alkanes) is 6. The molecule has 3 saturated heterocycles. The van der Waals surface area contributed by atoms with Crippen LogP contribution in [0.4, 0.5) is 0 Å². The van der Waals surface area contributed by atoms with Crippen LogP contribution in [0.2, 0.25) is 0 Å². The average molecular weight is 1320 g/mol. The van der Waals surface area contributed by atoms with Crippen LogP contribution in [0.1, 0.15) is 219 Å². The number of aliphatic hydroxyl groups is 1. The Balaban J connectivity index is 0.000000224. The van der Waals surface area contributed by atoms with Crippen molar-refractivity contribution in [1.29, 1.82) is 0 Å². The van der Waals surface area contributed by atoms with E-state index >= 15 is 0 Å². The van der Waals surface area contributed by atoms with Crippen molar-refractivity contribution in [2.45, 2.75) is 175 Å². The number of esters is 2. The number of rotatable bonds is 29. The Kier molecular flexibility index (Phi) is 29.7. The lowest BCUT2D eigenvalue weighted by molar-refractivity contribution is -0.153. The minimum Gasteiger partial charge on any atom is -0.481 e. The third-order valence-corrected chi connectivity index (χ3v) is 18.2. The molecule has 24 nitrogen and oxygen atoms in total. The van der Waals surface area contributed by atoms with E-state index in [2.05, 4.69) is 5.32 Å². The van der Waals surface area contributed by atoms with Gasteiger partial charge in [-0.2, -0.15) is 0 Å². The number of carbonyl (C=O) groups is 13. The largest absolute Gasteiger partial charge is 0.481 e. The summed E-state index contributed by atoms with van der Waals surface area (Å²) in [6.45, 7) is 13.9. The zero-order chi connectivity index (χ0) is 69.3. The van der Waals surface area contributed by atoms with E-state index in [0.717, 1.165) is 38.5 Å². The van der Waals surface area contributed by atoms with Gasteiger partial charge in [0.15, 0.2) is 0 Å². The van der Waals surface area contributed by atoms with Gasteiger partial charge < -0.3 is 39.7 Å². The highest BCUT2D eigenvalue weighted by Gasteiger charge is 2.40. The Labute approximate surface area is 556 Å². The summed E-state index contributed by atoms with van der Waals surface area (Å²) in [5.41, 5.74) is 2.74. The molecule has 3 fully saturated rings. The van der Waals surface area contributed by atoms with Crippen LogP contribution in [0.15, 0.2) is 72.8 Å². The van der Waals surface area contributed by atoms with Gasteiger partial charge in [-0.3, -0.25) is 77.0 Å². The number of aliphatic hydroxyl groups excluding tert-OH is 1. The van der Waals surface area contributed by atoms with Crippen molar-refractivity contribution in [1.82, 2.24) is 34.7 Å². The molecular weight excluding hydrogens is 1220 g/mol. The van der Waals surface area contributed by atoms with Crippen LogP contribution >= 0.6 is 0 Å². The summed E-state index contributed by atoms with van der Waals surface area (Å²) in [4.78, 5) is 166. The van der Waals surface area contributed by atoms with E-state index < -0.39 is 30.1 Å². The molecule has 0 bridgehead atoms. The van der Waals surface area contributed by atoms with E-state index in [9.17, 15) is 67.4 Å². The number of nitrogens with zero attached hydrogens (tertiary/aromatic N) is 6.